The second-order valence-electron chi connectivity index (χ2n) is 21.6. The minimum atomic E-state index is -3.19. The van der Waals surface area contributed by atoms with E-state index in [1.807, 2.05) is 101 Å². The maximum absolute atomic E-state index is 13.9. The number of Topliss-reactive ketones (excluding diaryl/α,β-unsaturated/α-hetero) is 1. The van der Waals surface area contributed by atoms with Crippen LogP contribution in [-0.2, 0) is 60.2 Å². The van der Waals surface area contributed by atoms with Crippen LogP contribution in [0, 0.1) is 17.3 Å². The zero-order valence-electron chi connectivity index (χ0n) is 46.3. The van der Waals surface area contributed by atoms with E-state index < -0.39 is 55.8 Å². The maximum atomic E-state index is 13.9. The normalized spacial score (nSPS) is 20.1. The standard InChI is InChI=1S/C59H83NO13Si/c1-40(36-70-56(63)57(5,6)7)31-52(73-74(58(8,9)10,48-21-17-15-18-22-48)49-23-19-16-20-24-49)51-33-47(66-13)34-59(67-14,72-51)35-53-60-45(38-69-53)32-41(2)54(61)43(4)55(62)42(3)50(71-39-64-11)29-30-68-37-44-25-27-46(65-12)28-26-44/h15-28,31-32,38,42-43,47,50-52,55,62H,29-30,33-37,39H2,1-14H3/b40-31+,41-32+/t42-,43-,47+,50+,51+,52+,55-,59-/m0/s1. The summed E-state index contributed by atoms with van der Waals surface area (Å²) in [5.41, 5.74) is 1.95. The minimum Gasteiger partial charge on any atom is -0.497 e. The van der Waals surface area contributed by atoms with Gasteiger partial charge in [0, 0.05) is 52.6 Å². The van der Waals surface area contributed by atoms with E-state index in [1.54, 1.807) is 48.4 Å². The Morgan fingerprint density at radius 3 is 2.09 bits per heavy atom. The molecular weight excluding hydrogens is 959 g/mol. The van der Waals surface area contributed by atoms with Gasteiger partial charge in [-0.15, -0.1) is 0 Å². The molecule has 14 nitrogen and oxygen atoms in total. The number of hydrogen-bond donors (Lipinski definition) is 1. The van der Waals surface area contributed by atoms with Crippen LogP contribution in [0.1, 0.15) is 106 Å². The number of carbonyl (C=O) groups excluding carboxylic acids is 2. The van der Waals surface area contributed by atoms with Gasteiger partial charge in [0.1, 0.15) is 31.1 Å². The Morgan fingerprint density at radius 2 is 1.54 bits per heavy atom. The van der Waals surface area contributed by atoms with Crippen LogP contribution in [0.3, 0.4) is 0 Å². The average Bonchev–Trinajstić information content (AvgIpc) is 3.83. The molecule has 3 aromatic carbocycles. The number of ketones is 1. The smallest absolute Gasteiger partial charge is 0.311 e. The van der Waals surface area contributed by atoms with Crippen LogP contribution in [0.15, 0.2) is 113 Å². The predicted molar refractivity (Wildman–Crippen MR) is 289 cm³/mol. The molecule has 0 amide bonds. The van der Waals surface area contributed by atoms with Gasteiger partial charge >= 0.3 is 5.97 Å². The number of benzene rings is 3. The number of aliphatic hydroxyl groups excluding tert-OH is 1. The monoisotopic (exact) mass is 1040 g/mol. The molecule has 8 atom stereocenters. The fraction of sp³-hybridized carbons (Fsp3) is 0.542. The van der Waals surface area contributed by atoms with E-state index in [4.69, 9.17) is 51.7 Å². The molecule has 2 heterocycles. The fourth-order valence-corrected chi connectivity index (χ4v) is 14.2. The Morgan fingerprint density at radius 1 is 0.905 bits per heavy atom. The number of carbonyl (C=O) groups is 2. The molecule has 1 fully saturated rings. The van der Waals surface area contributed by atoms with E-state index in [0.29, 0.717) is 49.6 Å². The molecule has 0 radical (unpaired) electrons. The number of esters is 1. The SMILES string of the molecule is COCO[C@H](CCOCc1ccc(OC)cc1)[C@H](C)[C@H](O)[C@@H](C)C(=O)/C(C)=C/c1coc(C[C@]2(OC)C[C@H](OC)C[C@H]([C@@H](/C=C(\C)COC(=O)C(C)(C)C)O[Si](c3ccccc3)(c3ccccc3)C(C)(C)C)O2)n1. The first-order chi connectivity index (χ1) is 35.1. The first-order valence-corrected chi connectivity index (χ1v) is 27.6. The molecule has 15 heteroatoms. The number of allylic oxidation sites excluding steroid dienone is 1. The van der Waals surface area contributed by atoms with Gasteiger partial charge in [-0.05, 0) is 91.4 Å². The number of hydrogen-bond acceptors (Lipinski definition) is 14. The van der Waals surface area contributed by atoms with Crippen LogP contribution in [0.4, 0.5) is 0 Å². The highest BCUT2D eigenvalue weighted by atomic mass is 28.4. The number of ether oxygens (including phenoxy) is 8. The number of rotatable bonds is 27. The molecule has 0 spiro atoms. The van der Waals surface area contributed by atoms with E-state index in [9.17, 15) is 14.7 Å². The summed E-state index contributed by atoms with van der Waals surface area (Å²) in [6.07, 6.45) is 3.52. The lowest BCUT2D eigenvalue weighted by Gasteiger charge is -2.49. The van der Waals surface area contributed by atoms with Crippen molar-refractivity contribution in [2.75, 3.05) is 48.4 Å². The van der Waals surface area contributed by atoms with Crippen LogP contribution >= 0.6 is 0 Å². The lowest BCUT2D eigenvalue weighted by atomic mass is 9.84. The second kappa shape index (κ2) is 27.3. The highest BCUT2D eigenvalue weighted by Crippen LogP contribution is 2.42. The molecule has 0 unspecified atom stereocenters. The summed E-state index contributed by atoms with van der Waals surface area (Å²) >= 11 is 0. The van der Waals surface area contributed by atoms with Gasteiger partial charge in [0.15, 0.2) is 17.5 Å². The van der Waals surface area contributed by atoms with Crippen LogP contribution in [0.25, 0.3) is 6.08 Å². The maximum Gasteiger partial charge on any atom is 0.311 e. The van der Waals surface area contributed by atoms with E-state index in [2.05, 4.69) is 45.0 Å². The van der Waals surface area contributed by atoms with Crippen molar-refractivity contribution >= 4 is 36.5 Å². The molecule has 1 aliphatic rings. The molecule has 0 aliphatic carbocycles. The first-order valence-electron chi connectivity index (χ1n) is 25.7. The summed E-state index contributed by atoms with van der Waals surface area (Å²) in [4.78, 5) is 31.7. The summed E-state index contributed by atoms with van der Waals surface area (Å²) < 4.78 is 61.7. The van der Waals surface area contributed by atoms with Crippen molar-refractivity contribution in [3.8, 4) is 5.75 Å². The van der Waals surface area contributed by atoms with Gasteiger partial charge in [-0.2, -0.15) is 0 Å². The number of oxazole rings is 1. The average molecular weight is 1040 g/mol. The van der Waals surface area contributed by atoms with Crippen molar-refractivity contribution in [2.45, 2.75) is 143 Å². The van der Waals surface area contributed by atoms with Gasteiger partial charge in [0.05, 0.1) is 56.1 Å². The van der Waals surface area contributed by atoms with Crippen molar-refractivity contribution in [3.63, 3.8) is 0 Å². The number of nitrogens with zero attached hydrogens (tertiary/aromatic N) is 1. The van der Waals surface area contributed by atoms with Crippen LogP contribution in [-0.4, -0.2) is 115 Å². The van der Waals surface area contributed by atoms with Gasteiger partial charge in [-0.1, -0.05) is 113 Å². The largest absolute Gasteiger partial charge is 0.497 e. The third kappa shape index (κ3) is 15.9. The highest BCUT2D eigenvalue weighted by molar-refractivity contribution is 6.99. The van der Waals surface area contributed by atoms with Gasteiger partial charge < -0.3 is 51.8 Å². The van der Waals surface area contributed by atoms with Crippen molar-refractivity contribution in [2.24, 2.45) is 17.3 Å². The molecule has 74 heavy (non-hydrogen) atoms. The highest BCUT2D eigenvalue weighted by Gasteiger charge is 2.54. The topological polar surface area (TPSA) is 163 Å². The van der Waals surface area contributed by atoms with Gasteiger partial charge in [-0.3, -0.25) is 9.59 Å². The third-order valence-corrected chi connectivity index (χ3v) is 18.9. The summed E-state index contributed by atoms with van der Waals surface area (Å²) in [6.45, 7) is 20.3. The molecule has 1 aliphatic heterocycles. The molecule has 1 N–H and O–H groups in total. The molecular formula is C59H83NO13Si. The zero-order chi connectivity index (χ0) is 54.3. The summed E-state index contributed by atoms with van der Waals surface area (Å²) in [7, 11) is 3.25. The Balaban J connectivity index is 1.38. The Labute approximate surface area is 441 Å². The lowest BCUT2D eigenvalue weighted by Crippen LogP contribution is -2.69. The van der Waals surface area contributed by atoms with Crippen molar-refractivity contribution in [1.29, 1.82) is 0 Å². The molecule has 406 valence electrons. The van der Waals surface area contributed by atoms with Gasteiger partial charge in [0.2, 0.25) is 0 Å². The zero-order valence-corrected chi connectivity index (χ0v) is 47.3. The van der Waals surface area contributed by atoms with E-state index in [1.165, 1.54) is 6.26 Å². The van der Waals surface area contributed by atoms with Crippen molar-refractivity contribution in [3.05, 3.63) is 126 Å². The summed E-state index contributed by atoms with van der Waals surface area (Å²) in [5.74, 6) is -1.92. The van der Waals surface area contributed by atoms with Crippen LogP contribution < -0.4 is 15.1 Å². The van der Waals surface area contributed by atoms with Crippen molar-refractivity contribution in [1.82, 2.24) is 4.98 Å². The molecule has 0 saturated carbocycles. The molecule has 0 bridgehead atoms. The number of aliphatic hydroxyl groups is 1. The molecule has 1 aromatic heterocycles. The Hall–Kier alpha value is -4.81. The molecule has 4 aromatic rings. The van der Waals surface area contributed by atoms with E-state index in [-0.39, 0.29) is 42.7 Å². The number of methoxy groups -OCH3 is 4. The van der Waals surface area contributed by atoms with Crippen molar-refractivity contribution < 1.29 is 61.4 Å². The van der Waals surface area contributed by atoms with E-state index in [0.717, 1.165) is 27.3 Å². The summed E-state index contributed by atoms with van der Waals surface area (Å²) in [6, 6.07) is 28.5. The first kappa shape index (κ1) is 60.1. The van der Waals surface area contributed by atoms with Gasteiger partial charge in [-0.25, -0.2) is 4.98 Å². The molecule has 1 saturated heterocycles. The minimum absolute atomic E-state index is 0.0294. The molecule has 5 rings (SSSR count). The third-order valence-electron chi connectivity index (χ3n) is 13.9. The lowest BCUT2D eigenvalue weighted by molar-refractivity contribution is -0.297. The fourth-order valence-electron chi connectivity index (χ4n) is 9.55. The second-order valence-corrected chi connectivity index (χ2v) is 25.9. The van der Waals surface area contributed by atoms with E-state index >= 15 is 0 Å². The summed E-state index contributed by atoms with van der Waals surface area (Å²) in [5, 5.41) is 13.4. The van der Waals surface area contributed by atoms with Gasteiger partial charge in [0.25, 0.3) is 8.32 Å². The van der Waals surface area contributed by atoms with Crippen LogP contribution in [0.5, 0.6) is 5.75 Å². The predicted octanol–water partition coefficient (Wildman–Crippen LogP) is 9.44. The number of aromatic nitrogens is 1. The van der Waals surface area contributed by atoms with Crippen LogP contribution in [0.2, 0.25) is 5.04 Å². The quantitative estimate of drug-likeness (QED) is 0.0150. The Kier molecular flexibility index (Phi) is 22.2. The Bertz CT molecular complexity index is 2370.